The third-order valence-corrected chi connectivity index (χ3v) is 9.60. The molecule has 0 fully saturated rings. The summed E-state index contributed by atoms with van der Waals surface area (Å²) in [6.07, 6.45) is 0. The summed E-state index contributed by atoms with van der Waals surface area (Å²) in [7, 11) is 0. The Morgan fingerprint density at radius 2 is 0.700 bits per heavy atom. The van der Waals surface area contributed by atoms with Crippen LogP contribution in [0.15, 0.2) is 176 Å². The molecule has 0 aliphatic carbocycles. The molecule has 238 valence electrons. The van der Waals surface area contributed by atoms with Crippen LogP contribution in [0.5, 0.6) is 0 Å². The number of benzene rings is 7. The van der Waals surface area contributed by atoms with E-state index in [1.807, 2.05) is 12.1 Å². The van der Waals surface area contributed by atoms with Crippen molar-refractivity contribution in [2.24, 2.45) is 0 Å². The molecule has 0 spiro atoms. The molecule has 7 aromatic carbocycles. The number of hydrogen-bond acceptors (Lipinski definition) is 2. The topological polar surface area (TPSA) is 72.1 Å². The summed E-state index contributed by atoms with van der Waals surface area (Å²) < 4.78 is 6.99. The lowest BCUT2D eigenvalue weighted by atomic mass is 10.1. The Morgan fingerprint density at radius 1 is 0.320 bits per heavy atom. The van der Waals surface area contributed by atoms with Gasteiger partial charge in [-0.15, -0.1) is 10.2 Å². The number of nitrogens with zero attached hydrogens (tertiary/aromatic N) is 5. The Kier molecular flexibility index (Phi) is 6.90. The van der Waals surface area contributed by atoms with E-state index >= 15 is 0 Å². The minimum Gasteiger partial charge on any atom is -0.412 e. The largest absolute Gasteiger partial charge is 0.412 e. The van der Waals surface area contributed by atoms with Crippen molar-refractivity contribution in [3.63, 3.8) is 0 Å². The molecular formula is C44H31N5O. The minimum absolute atomic E-state index is 0. The molecule has 0 unspecified atom stereocenters. The molecule has 0 saturated heterocycles. The Hall–Kier alpha value is -6.76. The van der Waals surface area contributed by atoms with Crippen molar-refractivity contribution in [2.75, 3.05) is 0 Å². The molecule has 0 aliphatic heterocycles. The van der Waals surface area contributed by atoms with Crippen molar-refractivity contribution in [1.29, 1.82) is 0 Å². The van der Waals surface area contributed by atoms with Crippen molar-refractivity contribution in [2.45, 2.75) is 0 Å². The molecule has 3 aromatic heterocycles. The molecule has 0 aliphatic rings. The van der Waals surface area contributed by atoms with E-state index < -0.39 is 0 Å². The van der Waals surface area contributed by atoms with Crippen molar-refractivity contribution in [3.05, 3.63) is 176 Å². The minimum atomic E-state index is 0. The van der Waals surface area contributed by atoms with E-state index in [0.717, 1.165) is 61.9 Å². The Bertz CT molecular complexity index is 2590. The molecule has 0 saturated carbocycles. The second-order valence-corrected chi connectivity index (χ2v) is 12.3. The van der Waals surface area contributed by atoms with Crippen molar-refractivity contribution in [3.8, 4) is 39.8 Å². The van der Waals surface area contributed by atoms with Crippen molar-refractivity contribution >= 4 is 43.6 Å². The van der Waals surface area contributed by atoms with Crippen LogP contribution in [0.25, 0.3) is 83.4 Å². The van der Waals surface area contributed by atoms with Gasteiger partial charge in [0.15, 0.2) is 11.6 Å². The molecule has 6 heteroatoms. The van der Waals surface area contributed by atoms with Gasteiger partial charge in [-0.05, 0) is 48.5 Å². The van der Waals surface area contributed by atoms with E-state index in [9.17, 15) is 0 Å². The second-order valence-electron chi connectivity index (χ2n) is 12.3. The monoisotopic (exact) mass is 645 g/mol. The predicted octanol–water partition coefficient (Wildman–Crippen LogP) is 9.97. The van der Waals surface area contributed by atoms with E-state index in [4.69, 9.17) is 10.2 Å². The normalized spacial score (nSPS) is 11.4. The smallest absolute Gasteiger partial charge is 0.173 e. The van der Waals surface area contributed by atoms with Crippen LogP contribution in [0.4, 0.5) is 0 Å². The van der Waals surface area contributed by atoms with Gasteiger partial charge in [-0.3, -0.25) is 4.57 Å². The summed E-state index contributed by atoms with van der Waals surface area (Å²) >= 11 is 0. The van der Waals surface area contributed by atoms with Gasteiger partial charge in [0.2, 0.25) is 0 Å². The summed E-state index contributed by atoms with van der Waals surface area (Å²) in [5, 5.41) is 14.9. The molecule has 0 amide bonds. The molecule has 0 atom stereocenters. The summed E-state index contributed by atoms with van der Waals surface area (Å²) in [4.78, 5) is 0. The number of para-hydroxylation sites is 5. The average Bonchev–Trinajstić information content (AvgIpc) is 3.86. The molecule has 10 rings (SSSR count). The maximum Gasteiger partial charge on any atom is 0.173 e. The third kappa shape index (κ3) is 4.33. The van der Waals surface area contributed by atoms with Gasteiger partial charge in [0.1, 0.15) is 0 Å². The first kappa shape index (κ1) is 29.4. The van der Waals surface area contributed by atoms with Crippen LogP contribution < -0.4 is 0 Å². The highest BCUT2D eigenvalue weighted by atomic mass is 16.0. The van der Waals surface area contributed by atoms with Gasteiger partial charge >= 0.3 is 0 Å². The SMILES string of the molecule is O.c1ccc(-c2nnc(-c3c(-n4c5ccccc5c5ccccc54)cccc3-n3c4ccccc4c4ccccc43)n2-c2ccccc2)cc1. The van der Waals surface area contributed by atoms with Gasteiger partial charge in [0.25, 0.3) is 0 Å². The number of fused-ring (bicyclic) bond motifs is 6. The molecule has 0 radical (unpaired) electrons. The highest BCUT2D eigenvalue weighted by Crippen LogP contribution is 2.42. The number of rotatable bonds is 5. The summed E-state index contributed by atoms with van der Waals surface area (Å²) in [5.74, 6) is 1.55. The highest BCUT2D eigenvalue weighted by molar-refractivity contribution is 6.11. The van der Waals surface area contributed by atoms with Crippen LogP contribution in [0.3, 0.4) is 0 Å². The van der Waals surface area contributed by atoms with Crippen LogP contribution in [-0.2, 0) is 0 Å². The highest BCUT2D eigenvalue weighted by Gasteiger charge is 2.26. The predicted molar refractivity (Wildman–Crippen MR) is 205 cm³/mol. The molecule has 0 bridgehead atoms. The van der Waals surface area contributed by atoms with Crippen molar-refractivity contribution in [1.82, 2.24) is 23.9 Å². The Morgan fingerprint density at radius 3 is 1.16 bits per heavy atom. The van der Waals surface area contributed by atoms with Gasteiger partial charge < -0.3 is 14.6 Å². The van der Waals surface area contributed by atoms with Crippen LogP contribution in [0.1, 0.15) is 0 Å². The van der Waals surface area contributed by atoms with E-state index in [2.05, 4.69) is 177 Å². The molecular weight excluding hydrogens is 615 g/mol. The fraction of sp³-hybridized carbons (Fsp3) is 0. The first-order chi connectivity index (χ1) is 24.4. The Balaban J connectivity index is 0.00000336. The summed E-state index contributed by atoms with van der Waals surface area (Å²) in [6, 6.07) is 62.0. The molecule has 10 aromatic rings. The van der Waals surface area contributed by atoms with Crippen LogP contribution >= 0.6 is 0 Å². The quantitative estimate of drug-likeness (QED) is 0.187. The third-order valence-electron chi connectivity index (χ3n) is 9.60. The van der Waals surface area contributed by atoms with E-state index in [-0.39, 0.29) is 5.48 Å². The molecule has 6 nitrogen and oxygen atoms in total. The Labute approximate surface area is 288 Å². The van der Waals surface area contributed by atoms with Gasteiger partial charge in [-0.1, -0.05) is 127 Å². The molecule has 2 N–H and O–H groups in total. The second kappa shape index (κ2) is 11.7. The molecule has 3 heterocycles. The maximum absolute atomic E-state index is 5.09. The van der Waals surface area contributed by atoms with Gasteiger partial charge in [0.05, 0.1) is 39.0 Å². The first-order valence-corrected chi connectivity index (χ1v) is 16.5. The maximum atomic E-state index is 5.09. The van der Waals surface area contributed by atoms with Crippen LogP contribution in [0.2, 0.25) is 0 Å². The first-order valence-electron chi connectivity index (χ1n) is 16.5. The van der Waals surface area contributed by atoms with E-state index in [1.54, 1.807) is 0 Å². The standard InChI is InChI=1S/C44H29N5.H2O/c1-3-16-30(17-4-1)43-45-46-44(47(43)31-18-5-2-6-19-31)42-40(48-36-24-11-7-20-32(36)33-21-8-12-25-37(33)48)28-15-29-41(42)49-38-26-13-9-22-34(38)35-23-10-14-27-39(35)49;/h1-29H;1H2. The van der Waals surface area contributed by atoms with E-state index in [1.165, 1.54) is 21.5 Å². The molecule has 50 heavy (non-hydrogen) atoms. The van der Waals surface area contributed by atoms with Gasteiger partial charge in [-0.25, -0.2) is 0 Å². The van der Waals surface area contributed by atoms with Crippen molar-refractivity contribution < 1.29 is 5.48 Å². The fourth-order valence-electron chi connectivity index (χ4n) is 7.54. The zero-order chi connectivity index (χ0) is 32.3. The zero-order valence-electron chi connectivity index (χ0n) is 27.0. The average molecular weight is 646 g/mol. The number of hydrogen-bond donors (Lipinski definition) is 0. The van der Waals surface area contributed by atoms with Crippen LogP contribution in [0, 0.1) is 0 Å². The van der Waals surface area contributed by atoms with Gasteiger partial charge in [-0.2, -0.15) is 0 Å². The van der Waals surface area contributed by atoms with E-state index in [0.29, 0.717) is 0 Å². The van der Waals surface area contributed by atoms with Crippen LogP contribution in [-0.4, -0.2) is 29.4 Å². The summed E-state index contributed by atoms with van der Waals surface area (Å²) in [5.41, 5.74) is 9.58. The lowest BCUT2D eigenvalue weighted by molar-refractivity contribution is 0.824. The summed E-state index contributed by atoms with van der Waals surface area (Å²) in [6.45, 7) is 0. The zero-order valence-corrected chi connectivity index (χ0v) is 27.0. The lowest BCUT2D eigenvalue weighted by Gasteiger charge is -2.20. The van der Waals surface area contributed by atoms with Gasteiger partial charge in [0, 0.05) is 32.8 Å². The number of aromatic nitrogens is 5. The fourth-order valence-corrected chi connectivity index (χ4v) is 7.54. The lowest BCUT2D eigenvalue weighted by Crippen LogP contribution is -2.08.